The fraction of sp³-hybridized carbons (Fsp3) is 0.565. The topological polar surface area (TPSA) is 3.24 Å². The van der Waals surface area contributed by atoms with Crippen LogP contribution in [0, 0.1) is 0 Å². The van der Waals surface area contributed by atoms with E-state index in [1.807, 2.05) is 0 Å². The molecule has 6 rings (SSSR count). The van der Waals surface area contributed by atoms with Crippen molar-refractivity contribution in [3.05, 3.63) is 132 Å². The van der Waals surface area contributed by atoms with Gasteiger partial charge in [0.05, 0.1) is 32.3 Å². The standard InChI is InChI=1S/C69H109NP2Si4/c1-13-41-73(42-14-2,43-15-3)66-37-27-33-62(55-66)71(63-34-28-38-67(56-63)74(44-16-4,45-17-5)46-18-6)70(61-53-59-31-25-26-32-60(59)54-61)72(64-35-29-39-68(57-64)75(47-19-7,48-20-8)49-21-9)65-36-30-40-69(58-65)76(50-22-10,51-23-11)52-24-12/h25-40,55-58,61H,13-24,41-54H2,1-12H3. The summed E-state index contributed by atoms with van der Waals surface area (Å²) < 4.78 is 3.35. The van der Waals surface area contributed by atoms with Crippen molar-refractivity contribution in [2.75, 3.05) is 0 Å². The second-order valence-electron chi connectivity index (χ2n) is 24.1. The van der Waals surface area contributed by atoms with Gasteiger partial charge in [-0.2, -0.15) is 0 Å². The summed E-state index contributed by atoms with van der Waals surface area (Å²) in [6.45, 7) is 29.7. The molecule has 0 aliphatic heterocycles. The van der Waals surface area contributed by atoms with E-state index >= 15 is 0 Å². The molecule has 0 radical (unpaired) electrons. The molecule has 1 aliphatic carbocycles. The average Bonchev–Trinajstić information content (AvgIpc) is 3.87. The molecule has 0 N–H and O–H groups in total. The summed E-state index contributed by atoms with van der Waals surface area (Å²) in [5.41, 5.74) is 3.15. The van der Waals surface area contributed by atoms with E-state index in [1.165, 1.54) is 150 Å². The fourth-order valence-corrected chi connectivity index (χ4v) is 44.2. The Morgan fingerprint density at radius 3 is 0.711 bits per heavy atom. The van der Waals surface area contributed by atoms with Crippen molar-refractivity contribution >= 4 is 90.4 Å². The maximum absolute atomic E-state index is 3.35. The molecule has 76 heavy (non-hydrogen) atoms. The van der Waals surface area contributed by atoms with Gasteiger partial charge in [-0.05, 0) is 45.2 Å². The van der Waals surface area contributed by atoms with Gasteiger partial charge in [-0.1, -0.05) is 375 Å². The minimum atomic E-state index is -1.79. The van der Waals surface area contributed by atoms with Crippen LogP contribution in [0.3, 0.4) is 0 Å². The lowest BCUT2D eigenvalue weighted by Crippen LogP contribution is -2.50. The Morgan fingerprint density at radius 1 is 0.303 bits per heavy atom. The minimum Gasteiger partial charge on any atom is -0.241 e. The maximum Gasteiger partial charge on any atom is 0.0867 e. The predicted octanol–water partition coefficient (Wildman–Crippen LogP) is 18.1. The van der Waals surface area contributed by atoms with Crippen molar-refractivity contribution < 1.29 is 0 Å². The highest BCUT2D eigenvalue weighted by atomic mass is 31.2. The molecule has 0 aromatic heterocycles. The van der Waals surface area contributed by atoms with Gasteiger partial charge < -0.3 is 0 Å². The van der Waals surface area contributed by atoms with E-state index in [-0.39, 0.29) is 0 Å². The third-order valence-corrected chi connectivity index (χ3v) is 47.6. The predicted molar refractivity (Wildman–Crippen MR) is 360 cm³/mol. The molecule has 0 atom stereocenters. The summed E-state index contributed by atoms with van der Waals surface area (Å²) in [6, 6.07) is 69.7. The quantitative estimate of drug-likeness (QED) is 0.0289. The highest BCUT2D eigenvalue weighted by molar-refractivity contribution is 7.84. The van der Waals surface area contributed by atoms with Crippen LogP contribution < -0.4 is 42.0 Å². The van der Waals surface area contributed by atoms with Crippen LogP contribution >= 0.6 is 16.1 Å². The first-order chi connectivity index (χ1) is 37.0. The summed E-state index contributed by atoms with van der Waals surface area (Å²) >= 11 is 0. The molecule has 416 valence electrons. The van der Waals surface area contributed by atoms with Gasteiger partial charge in [0.1, 0.15) is 0 Å². The molecule has 1 nitrogen and oxygen atoms in total. The Kier molecular flexibility index (Phi) is 25.8. The zero-order valence-corrected chi connectivity index (χ0v) is 56.6. The van der Waals surface area contributed by atoms with E-state index in [2.05, 4.69) is 209 Å². The highest BCUT2D eigenvalue weighted by Gasteiger charge is 2.43. The van der Waals surface area contributed by atoms with E-state index in [1.54, 1.807) is 53.1 Å². The average molecular weight is 1130 g/mol. The first-order valence-corrected chi connectivity index (χ1v) is 45.0. The third-order valence-electron chi connectivity index (χ3n) is 18.3. The lowest BCUT2D eigenvalue weighted by Gasteiger charge is -2.44. The van der Waals surface area contributed by atoms with Crippen LogP contribution in [0.15, 0.2) is 121 Å². The molecule has 0 saturated carbocycles. The van der Waals surface area contributed by atoms with Gasteiger partial charge in [-0.15, -0.1) is 0 Å². The van der Waals surface area contributed by atoms with Crippen molar-refractivity contribution in [3.8, 4) is 0 Å². The van der Waals surface area contributed by atoms with E-state index in [0.29, 0.717) is 6.04 Å². The van der Waals surface area contributed by atoms with Crippen LogP contribution in [0.4, 0.5) is 0 Å². The number of rotatable bonds is 35. The molecule has 5 aromatic carbocycles. The van der Waals surface area contributed by atoms with Crippen LogP contribution in [0.25, 0.3) is 0 Å². The van der Waals surface area contributed by atoms with E-state index in [4.69, 9.17) is 0 Å². The molecule has 0 bridgehead atoms. The molecule has 0 fully saturated rings. The normalized spacial score (nSPS) is 13.7. The number of fused-ring (bicyclic) bond motifs is 1. The molecule has 7 heteroatoms. The van der Waals surface area contributed by atoms with E-state index in [0.717, 1.165) is 12.8 Å². The van der Waals surface area contributed by atoms with Gasteiger partial charge in [0.15, 0.2) is 0 Å². The number of hydrogen-bond acceptors (Lipinski definition) is 1. The molecule has 0 spiro atoms. The molecule has 0 amide bonds. The van der Waals surface area contributed by atoms with Crippen LogP contribution in [-0.4, -0.2) is 42.8 Å². The molecular weight excluding hydrogens is 1020 g/mol. The van der Waals surface area contributed by atoms with Gasteiger partial charge in [0, 0.05) is 22.2 Å². The Labute approximate surface area is 475 Å². The summed E-state index contributed by atoms with van der Waals surface area (Å²) in [7, 11) is -9.12. The Morgan fingerprint density at radius 2 is 0.513 bits per heavy atom. The number of hydrogen-bond donors (Lipinski definition) is 0. The van der Waals surface area contributed by atoms with E-state index < -0.39 is 48.4 Å². The summed E-state index contributed by atoms with van der Waals surface area (Å²) in [4.78, 5) is 0. The number of nitrogens with zero attached hydrogens (tertiary/aromatic N) is 1. The maximum atomic E-state index is 3.35. The zero-order valence-electron chi connectivity index (χ0n) is 50.9. The molecule has 0 heterocycles. The van der Waals surface area contributed by atoms with Crippen molar-refractivity contribution in [3.63, 3.8) is 0 Å². The molecule has 1 aliphatic rings. The third kappa shape index (κ3) is 14.6. The number of benzene rings is 5. The second kappa shape index (κ2) is 31.1. The first-order valence-electron chi connectivity index (χ1n) is 31.9. The largest absolute Gasteiger partial charge is 0.241 e. The summed E-state index contributed by atoms with van der Waals surface area (Å²) in [6.07, 6.45) is 17.7. The zero-order chi connectivity index (χ0) is 54.6. The monoisotopic (exact) mass is 1130 g/mol. The molecule has 0 unspecified atom stereocenters. The van der Waals surface area contributed by atoms with Gasteiger partial charge in [-0.3, -0.25) is 0 Å². The Bertz CT molecular complexity index is 2110. The van der Waals surface area contributed by atoms with Crippen LogP contribution in [0.5, 0.6) is 0 Å². The second-order valence-corrected chi connectivity index (χ2v) is 47.1. The van der Waals surface area contributed by atoms with Crippen molar-refractivity contribution in [2.24, 2.45) is 0 Å². The van der Waals surface area contributed by atoms with Crippen molar-refractivity contribution in [2.45, 2.75) is 252 Å². The van der Waals surface area contributed by atoms with Crippen LogP contribution in [-0.2, 0) is 12.8 Å². The lowest BCUT2D eigenvalue weighted by atomic mass is 10.1. The highest BCUT2D eigenvalue weighted by Crippen LogP contribution is 2.58. The van der Waals surface area contributed by atoms with Crippen molar-refractivity contribution in [1.82, 2.24) is 4.44 Å². The SMILES string of the molecule is CCC[Si](CCC)(CCC)c1cccc(P(c2cccc([Si](CCC)(CCC)CCC)c2)N(C2Cc3ccccc3C2)P(c2cccc([Si](CCC)(CCC)CCC)c2)c2cccc([Si](CCC)(CCC)CCC)c2)c1. The summed E-state index contributed by atoms with van der Waals surface area (Å²) in [5, 5.41) is 13.5. The van der Waals surface area contributed by atoms with Crippen LogP contribution in [0.2, 0.25) is 72.5 Å². The molecular formula is C69H109NP2Si4. The summed E-state index contributed by atoms with van der Waals surface area (Å²) in [5.74, 6) is 0. The van der Waals surface area contributed by atoms with Gasteiger partial charge in [0.25, 0.3) is 0 Å². The molecule has 5 aromatic rings. The van der Waals surface area contributed by atoms with Gasteiger partial charge in [-0.25, -0.2) is 4.44 Å². The van der Waals surface area contributed by atoms with E-state index in [9.17, 15) is 0 Å². The Balaban J connectivity index is 1.81. The van der Waals surface area contributed by atoms with Crippen molar-refractivity contribution in [1.29, 1.82) is 0 Å². The van der Waals surface area contributed by atoms with Crippen LogP contribution in [0.1, 0.15) is 171 Å². The fourth-order valence-electron chi connectivity index (χ4n) is 15.7. The Hall–Kier alpha value is -2.21. The first kappa shape index (κ1) is 63.0. The molecule has 0 saturated heterocycles. The smallest absolute Gasteiger partial charge is 0.0867 e. The van der Waals surface area contributed by atoms with Gasteiger partial charge >= 0.3 is 0 Å². The van der Waals surface area contributed by atoms with Gasteiger partial charge in [0.2, 0.25) is 0 Å². The lowest BCUT2D eigenvalue weighted by molar-refractivity contribution is 0.519. The minimum absolute atomic E-state index is 0.384.